The average molecular weight is 235 g/mol. The zero-order valence-corrected chi connectivity index (χ0v) is 10.7. The molecule has 1 aromatic rings. The van der Waals surface area contributed by atoms with E-state index in [0.29, 0.717) is 6.04 Å². The van der Waals surface area contributed by atoms with Gasteiger partial charge in [0.1, 0.15) is 0 Å². The number of thiophene rings is 1. The van der Waals surface area contributed by atoms with Crippen LogP contribution in [0.1, 0.15) is 59.9 Å². The van der Waals surface area contributed by atoms with E-state index >= 15 is 0 Å². The second kappa shape index (κ2) is 4.50. The van der Waals surface area contributed by atoms with E-state index < -0.39 is 0 Å². The van der Waals surface area contributed by atoms with Crippen molar-refractivity contribution in [1.82, 2.24) is 0 Å². The Morgan fingerprint density at radius 1 is 1.31 bits per heavy atom. The molecular weight excluding hydrogens is 214 g/mol. The lowest BCUT2D eigenvalue weighted by Crippen LogP contribution is -2.08. The largest absolute Gasteiger partial charge is 0.323 e. The van der Waals surface area contributed by atoms with E-state index in [4.69, 9.17) is 5.73 Å². The van der Waals surface area contributed by atoms with Crippen LogP contribution in [0.15, 0.2) is 6.07 Å². The topological polar surface area (TPSA) is 26.0 Å². The summed E-state index contributed by atoms with van der Waals surface area (Å²) in [5.41, 5.74) is 7.90. The molecule has 0 radical (unpaired) electrons. The smallest absolute Gasteiger partial charge is 0.0390 e. The molecule has 1 atom stereocenters. The predicted octanol–water partition coefficient (Wildman–Crippen LogP) is 3.82. The maximum absolute atomic E-state index is 6.29. The Balaban J connectivity index is 1.65. The van der Waals surface area contributed by atoms with E-state index in [1.165, 1.54) is 56.2 Å². The summed E-state index contributed by atoms with van der Waals surface area (Å²) in [6.07, 6.45) is 10.8. The van der Waals surface area contributed by atoms with E-state index in [1.807, 2.05) is 11.3 Å². The number of hydrogen-bond acceptors (Lipinski definition) is 2. The normalized spacial score (nSPS) is 21.8. The molecule has 0 bridgehead atoms. The van der Waals surface area contributed by atoms with Gasteiger partial charge in [-0.3, -0.25) is 0 Å². The number of rotatable bonds is 4. The van der Waals surface area contributed by atoms with Crippen LogP contribution < -0.4 is 5.73 Å². The van der Waals surface area contributed by atoms with Gasteiger partial charge >= 0.3 is 0 Å². The highest BCUT2D eigenvalue weighted by atomic mass is 32.1. The molecule has 1 fully saturated rings. The van der Waals surface area contributed by atoms with Crippen molar-refractivity contribution < 1.29 is 0 Å². The maximum Gasteiger partial charge on any atom is 0.0390 e. The van der Waals surface area contributed by atoms with E-state index in [2.05, 4.69) is 6.07 Å². The second-order valence-electron chi connectivity index (χ2n) is 5.43. The van der Waals surface area contributed by atoms with Crippen LogP contribution in [0, 0.1) is 5.92 Å². The van der Waals surface area contributed by atoms with Crippen molar-refractivity contribution in [3.8, 4) is 0 Å². The lowest BCUT2D eigenvalue weighted by atomic mass is 9.98. The van der Waals surface area contributed by atoms with Crippen LogP contribution in [0.25, 0.3) is 0 Å². The van der Waals surface area contributed by atoms with Crippen LogP contribution in [0.3, 0.4) is 0 Å². The fourth-order valence-corrected chi connectivity index (χ4v) is 3.95. The third-order valence-electron chi connectivity index (χ3n) is 3.96. The van der Waals surface area contributed by atoms with Gasteiger partial charge in [-0.15, -0.1) is 11.3 Å². The molecule has 1 saturated carbocycles. The molecular formula is C14H21NS. The Bertz CT molecular complexity index is 341. The van der Waals surface area contributed by atoms with E-state index in [1.54, 1.807) is 10.4 Å². The van der Waals surface area contributed by atoms with Crippen LogP contribution >= 0.6 is 11.3 Å². The summed E-state index contributed by atoms with van der Waals surface area (Å²) < 4.78 is 0. The molecule has 0 spiro atoms. The third kappa shape index (κ3) is 2.33. The highest BCUT2D eigenvalue weighted by Crippen LogP contribution is 2.38. The first kappa shape index (κ1) is 10.8. The predicted molar refractivity (Wildman–Crippen MR) is 69.8 cm³/mol. The third-order valence-corrected chi connectivity index (χ3v) is 5.33. The molecule has 16 heavy (non-hydrogen) atoms. The molecule has 2 heteroatoms. The molecule has 3 rings (SSSR count). The van der Waals surface area contributed by atoms with E-state index in [0.717, 1.165) is 5.92 Å². The van der Waals surface area contributed by atoms with Crippen LogP contribution in [-0.2, 0) is 12.8 Å². The fraction of sp³-hybridized carbons (Fsp3) is 0.714. The van der Waals surface area contributed by atoms with Gasteiger partial charge in [0.05, 0.1) is 0 Å². The summed E-state index contributed by atoms with van der Waals surface area (Å²) in [4.78, 5) is 3.08. The van der Waals surface area contributed by atoms with Crippen molar-refractivity contribution >= 4 is 11.3 Å². The Morgan fingerprint density at radius 3 is 2.88 bits per heavy atom. The molecule has 2 N–H and O–H groups in total. The summed E-state index contributed by atoms with van der Waals surface area (Å²) in [5.74, 6) is 1.01. The average Bonchev–Trinajstić information content (AvgIpc) is 3.02. The summed E-state index contributed by atoms with van der Waals surface area (Å²) in [6.45, 7) is 0. The first-order valence-corrected chi connectivity index (χ1v) is 7.51. The monoisotopic (exact) mass is 235 g/mol. The highest BCUT2D eigenvalue weighted by Gasteiger charge is 2.23. The minimum Gasteiger partial charge on any atom is -0.323 e. The Labute approximate surface area is 102 Å². The molecule has 1 unspecified atom stereocenters. The van der Waals surface area contributed by atoms with Gasteiger partial charge in [-0.2, -0.15) is 0 Å². The van der Waals surface area contributed by atoms with Crippen LogP contribution in [0.4, 0.5) is 0 Å². The van der Waals surface area contributed by atoms with Gasteiger partial charge in [0.2, 0.25) is 0 Å². The molecule has 0 amide bonds. The van der Waals surface area contributed by atoms with Gasteiger partial charge in [-0.1, -0.05) is 12.8 Å². The zero-order valence-electron chi connectivity index (χ0n) is 9.87. The quantitative estimate of drug-likeness (QED) is 0.843. The molecule has 88 valence electrons. The first-order valence-electron chi connectivity index (χ1n) is 6.70. The summed E-state index contributed by atoms with van der Waals surface area (Å²) in [5, 5.41) is 0. The molecule has 0 aliphatic heterocycles. The number of hydrogen-bond donors (Lipinski definition) is 1. The zero-order chi connectivity index (χ0) is 11.0. The standard InChI is InChI=1S/C14H21NS/c15-12(8-7-10-5-6-10)14-9-11-3-1-2-4-13(11)16-14/h9-10,12H,1-8,15H2. The van der Waals surface area contributed by atoms with Gasteiger partial charge in [-0.05, 0) is 56.1 Å². The Kier molecular flexibility index (Phi) is 3.03. The summed E-state index contributed by atoms with van der Waals surface area (Å²) >= 11 is 1.99. The Hall–Kier alpha value is -0.340. The summed E-state index contributed by atoms with van der Waals surface area (Å²) in [6, 6.07) is 2.72. The lowest BCUT2D eigenvalue weighted by molar-refractivity contribution is 0.581. The lowest BCUT2D eigenvalue weighted by Gasteiger charge is -2.08. The summed E-state index contributed by atoms with van der Waals surface area (Å²) in [7, 11) is 0. The van der Waals surface area contributed by atoms with Crippen molar-refractivity contribution in [3.63, 3.8) is 0 Å². The van der Waals surface area contributed by atoms with Crippen molar-refractivity contribution in [2.75, 3.05) is 0 Å². The number of fused-ring (bicyclic) bond motifs is 1. The van der Waals surface area contributed by atoms with Gasteiger partial charge in [0.25, 0.3) is 0 Å². The van der Waals surface area contributed by atoms with Crippen LogP contribution in [0.2, 0.25) is 0 Å². The van der Waals surface area contributed by atoms with E-state index in [9.17, 15) is 0 Å². The van der Waals surface area contributed by atoms with Gasteiger partial charge < -0.3 is 5.73 Å². The molecule has 1 heterocycles. The Morgan fingerprint density at radius 2 is 2.12 bits per heavy atom. The van der Waals surface area contributed by atoms with Crippen LogP contribution in [-0.4, -0.2) is 0 Å². The molecule has 2 aliphatic carbocycles. The van der Waals surface area contributed by atoms with Gasteiger partial charge in [0, 0.05) is 15.8 Å². The van der Waals surface area contributed by atoms with Crippen molar-refractivity contribution in [2.24, 2.45) is 11.7 Å². The van der Waals surface area contributed by atoms with Gasteiger partial charge in [-0.25, -0.2) is 0 Å². The van der Waals surface area contributed by atoms with Gasteiger partial charge in [0.15, 0.2) is 0 Å². The van der Waals surface area contributed by atoms with Crippen LogP contribution in [0.5, 0.6) is 0 Å². The second-order valence-corrected chi connectivity index (χ2v) is 6.60. The molecule has 2 aliphatic rings. The number of nitrogens with two attached hydrogens (primary N) is 1. The SMILES string of the molecule is NC(CCC1CC1)c1cc2c(s1)CCCC2. The fourth-order valence-electron chi connectivity index (χ4n) is 2.66. The minimum atomic E-state index is 0.316. The molecule has 1 aromatic heterocycles. The number of aryl methyl sites for hydroxylation is 2. The molecule has 0 aromatic carbocycles. The van der Waals surface area contributed by atoms with Crippen molar-refractivity contribution in [2.45, 2.75) is 57.4 Å². The molecule has 1 nitrogen and oxygen atoms in total. The van der Waals surface area contributed by atoms with Crippen molar-refractivity contribution in [3.05, 3.63) is 21.4 Å². The maximum atomic E-state index is 6.29. The highest BCUT2D eigenvalue weighted by molar-refractivity contribution is 7.12. The van der Waals surface area contributed by atoms with Crippen molar-refractivity contribution in [1.29, 1.82) is 0 Å². The minimum absolute atomic E-state index is 0.316. The van der Waals surface area contributed by atoms with E-state index in [-0.39, 0.29) is 0 Å². The molecule has 0 saturated heterocycles. The first-order chi connectivity index (χ1) is 7.83.